The molecule has 0 aliphatic carbocycles. The molecule has 0 heterocycles. The second kappa shape index (κ2) is 5.16. The average molecular weight is 228 g/mol. The number of hydrogen-bond acceptors (Lipinski definition) is 3. The first kappa shape index (κ1) is 11.2. The van der Waals surface area contributed by atoms with E-state index < -0.39 is 0 Å². The fourth-order valence-electron chi connectivity index (χ4n) is 1.43. The van der Waals surface area contributed by atoms with Gasteiger partial charge in [-0.3, -0.25) is 0 Å². The lowest BCUT2D eigenvalue weighted by Gasteiger charge is -2.06. The van der Waals surface area contributed by atoms with Gasteiger partial charge in [-0.25, -0.2) is 4.79 Å². The van der Waals surface area contributed by atoms with E-state index in [2.05, 4.69) is 4.74 Å². The fraction of sp³-hybridized carbons (Fsp3) is 0.0714. The minimum Gasteiger partial charge on any atom is -0.465 e. The Bertz CT molecular complexity index is 506. The van der Waals surface area contributed by atoms with Crippen LogP contribution in [0, 0.1) is 0 Å². The fourth-order valence-corrected chi connectivity index (χ4v) is 1.43. The van der Waals surface area contributed by atoms with Gasteiger partial charge in [-0.2, -0.15) is 0 Å². The molecule has 2 rings (SSSR count). The minimum atomic E-state index is -0.372. The van der Waals surface area contributed by atoms with Gasteiger partial charge >= 0.3 is 5.97 Å². The summed E-state index contributed by atoms with van der Waals surface area (Å²) in [5.74, 6) is 0.970. The van der Waals surface area contributed by atoms with E-state index in [1.165, 1.54) is 7.11 Å². The monoisotopic (exact) mass is 228 g/mol. The van der Waals surface area contributed by atoms with Crippen LogP contribution in [0.25, 0.3) is 0 Å². The molecule has 3 nitrogen and oxygen atoms in total. The SMILES string of the molecule is COC(=O)c1cccc(Oc2ccccc2)c1. The highest BCUT2D eigenvalue weighted by molar-refractivity contribution is 5.89. The highest BCUT2D eigenvalue weighted by Crippen LogP contribution is 2.21. The molecular weight excluding hydrogens is 216 g/mol. The van der Waals surface area contributed by atoms with Gasteiger partial charge in [-0.15, -0.1) is 0 Å². The normalized spacial score (nSPS) is 9.71. The number of rotatable bonds is 3. The van der Waals surface area contributed by atoms with Crippen LogP contribution < -0.4 is 4.74 Å². The molecule has 0 radical (unpaired) electrons. The minimum absolute atomic E-state index is 0.372. The Balaban J connectivity index is 2.20. The summed E-state index contributed by atoms with van der Waals surface area (Å²) >= 11 is 0. The molecule has 0 saturated carbocycles. The van der Waals surface area contributed by atoms with E-state index in [0.29, 0.717) is 11.3 Å². The maximum atomic E-state index is 11.3. The smallest absolute Gasteiger partial charge is 0.337 e. The molecule has 3 heteroatoms. The van der Waals surface area contributed by atoms with Crippen molar-refractivity contribution in [3.63, 3.8) is 0 Å². The van der Waals surface area contributed by atoms with Crippen molar-refractivity contribution in [3.05, 3.63) is 60.2 Å². The van der Waals surface area contributed by atoms with Gasteiger partial charge in [0.05, 0.1) is 12.7 Å². The molecule has 0 N–H and O–H groups in total. The Hall–Kier alpha value is -2.29. The summed E-state index contributed by atoms with van der Waals surface area (Å²) in [5.41, 5.74) is 0.473. The van der Waals surface area contributed by atoms with Crippen molar-refractivity contribution < 1.29 is 14.3 Å². The standard InChI is InChI=1S/C14H12O3/c1-16-14(15)11-6-5-9-13(10-11)17-12-7-3-2-4-8-12/h2-10H,1H3. The lowest BCUT2D eigenvalue weighted by Crippen LogP contribution is -2.00. The van der Waals surface area contributed by atoms with Crippen LogP contribution in [0.1, 0.15) is 10.4 Å². The molecule has 0 fully saturated rings. The van der Waals surface area contributed by atoms with Crippen LogP contribution in [-0.2, 0) is 4.74 Å². The first-order valence-corrected chi connectivity index (χ1v) is 5.21. The van der Waals surface area contributed by atoms with Crippen LogP contribution in [0.4, 0.5) is 0 Å². The molecule has 17 heavy (non-hydrogen) atoms. The summed E-state index contributed by atoms with van der Waals surface area (Å²) in [7, 11) is 1.35. The predicted molar refractivity (Wildman–Crippen MR) is 64.3 cm³/mol. The first-order valence-electron chi connectivity index (χ1n) is 5.21. The van der Waals surface area contributed by atoms with Crippen molar-refractivity contribution in [1.82, 2.24) is 0 Å². The molecule has 0 aromatic heterocycles. The zero-order chi connectivity index (χ0) is 12.1. The van der Waals surface area contributed by atoms with Gasteiger partial charge in [0.25, 0.3) is 0 Å². The molecule has 0 aliphatic rings. The zero-order valence-corrected chi connectivity index (χ0v) is 9.42. The van der Waals surface area contributed by atoms with E-state index in [0.717, 1.165) is 5.75 Å². The maximum absolute atomic E-state index is 11.3. The van der Waals surface area contributed by atoms with Crippen molar-refractivity contribution in [2.75, 3.05) is 7.11 Å². The molecule has 86 valence electrons. The third-order valence-corrected chi connectivity index (χ3v) is 2.23. The largest absolute Gasteiger partial charge is 0.465 e. The first-order chi connectivity index (χ1) is 8.29. The number of carbonyl (C=O) groups is 1. The van der Waals surface area contributed by atoms with Crippen LogP contribution in [0.5, 0.6) is 11.5 Å². The van der Waals surface area contributed by atoms with Crippen LogP contribution in [0.3, 0.4) is 0 Å². The van der Waals surface area contributed by atoms with Crippen LogP contribution in [0.15, 0.2) is 54.6 Å². The molecular formula is C14H12O3. The quantitative estimate of drug-likeness (QED) is 0.756. The number of benzene rings is 2. The van der Waals surface area contributed by atoms with Crippen molar-refractivity contribution in [2.45, 2.75) is 0 Å². The Morgan fingerprint density at radius 2 is 1.65 bits per heavy atom. The van der Waals surface area contributed by atoms with Gasteiger partial charge in [0.2, 0.25) is 0 Å². The van der Waals surface area contributed by atoms with Crippen LogP contribution in [0.2, 0.25) is 0 Å². The molecule has 0 aliphatic heterocycles. The van der Waals surface area contributed by atoms with Gasteiger partial charge in [0, 0.05) is 0 Å². The second-order valence-electron chi connectivity index (χ2n) is 3.43. The van der Waals surface area contributed by atoms with Crippen molar-refractivity contribution in [3.8, 4) is 11.5 Å². The Morgan fingerprint density at radius 1 is 0.941 bits per heavy atom. The van der Waals surface area contributed by atoms with E-state index in [1.807, 2.05) is 30.3 Å². The summed E-state index contributed by atoms with van der Waals surface area (Å²) in [4.78, 5) is 11.3. The highest BCUT2D eigenvalue weighted by atomic mass is 16.5. The summed E-state index contributed by atoms with van der Waals surface area (Å²) < 4.78 is 10.3. The molecule has 0 unspecified atom stereocenters. The highest BCUT2D eigenvalue weighted by Gasteiger charge is 2.06. The van der Waals surface area contributed by atoms with Crippen molar-refractivity contribution in [2.24, 2.45) is 0 Å². The number of methoxy groups -OCH3 is 1. The van der Waals surface area contributed by atoms with Crippen molar-refractivity contribution in [1.29, 1.82) is 0 Å². The summed E-state index contributed by atoms with van der Waals surface area (Å²) in [6, 6.07) is 16.3. The van der Waals surface area contributed by atoms with E-state index in [1.54, 1.807) is 24.3 Å². The van der Waals surface area contributed by atoms with Gasteiger partial charge in [-0.05, 0) is 30.3 Å². The van der Waals surface area contributed by atoms with Crippen molar-refractivity contribution >= 4 is 5.97 Å². The summed E-state index contributed by atoms with van der Waals surface area (Å²) in [6.45, 7) is 0. The van der Waals surface area contributed by atoms with Gasteiger partial charge in [-0.1, -0.05) is 24.3 Å². The molecule has 0 bridgehead atoms. The number of carbonyl (C=O) groups excluding carboxylic acids is 1. The molecule has 2 aromatic rings. The topological polar surface area (TPSA) is 35.5 Å². The molecule has 0 amide bonds. The van der Waals surface area contributed by atoms with E-state index >= 15 is 0 Å². The van der Waals surface area contributed by atoms with Gasteiger partial charge in [0.15, 0.2) is 0 Å². The maximum Gasteiger partial charge on any atom is 0.337 e. The Morgan fingerprint density at radius 3 is 2.35 bits per heavy atom. The average Bonchev–Trinajstić information content (AvgIpc) is 2.39. The predicted octanol–water partition coefficient (Wildman–Crippen LogP) is 3.27. The van der Waals surface area contributed by atoms with E-state index in [9.17, 15) is 4.79 Å². The third kappa shape index (κ3) is 2.84. The summed E-state index contributed by atoms with van der Waals surface area (Å²) in [5, 5.41) is 0. The van der Waals surface area contributed by atoms with Gasteiger partial charge in [0.1, 0.15) is 11.5 Å². The molecule has 0 spiro atoms. The number of esters is 1. The second-order valence-corrected chi connectivity index (χ2v) is 3.43. The number of hydrogen-bond donors (Lipinski definition) is 0. The lowest BCUT2D eigenvalue weighted by molar-refractivity contribution is 0.0600. The zero-order valence-electron chi connectivity index (χ0n) is 9.42. The molecule has 2 aromatic carbocycles. The number of para-hydroxylation sites is 1. The Kier molecular flexibility index (Phi) is 3.40. The summed E-state index contributed by atoms with van der Waals surface area (Å²) in [6.07, 6.45) is 0. The van der Waals surface area contributed by atoms with E-state index in [-0.39, 0.29) is 5.97 Å². The molecule has 0 saturated heterocycles. The number of ether oxygens (including phenoxy) is 2. The van der Waals surface area contributed by atoms with Crippen LogP contribution >= 0.6 is 0 Å². The van der Waals surface area contributed by atoms with Gasteiger partial charge < -0.3 is 9.47 Å². The van der Waals surface area contributed by atoms with E-state index in [4.69, 9.17) is 4.74 Å². The third-order valence-electron chi connectivity index (χ3n) is 2.23. The van der Waals surface area contributed by atoms with Crippen LogP contribution in [-0.4, -0.2) is 13.1 Å². The molecule has 0 atom stereocenters. The lowest BCUT2D eigenvalue weighted by atomic mass is 10.2. The Labute approximate surface area is 99.6 Å².